The molecule has 0 spiro atoms. The maximum absolute atomic E-state index is 11.0. The van der Waals surface area contributed by atoms with Crippen molar-refractivity contribution in [2.24, 2.45) is 0 Å². The topological polar surface area (TPSA) is 73.3 Å². The number of aromatic nitrogens is 1. The van der Waals surface area contributed by atoms with Crippen molar-refractivity contribution in [2.75, 3.05) is 0 Å². The number of aromatic amines is 1. The van der Waals surface area contributed by atoms with E-state index in [1.807, 2.05) is 0 Å². The van der Waals surface area contributed by atoms with Gasteiger partial charge in [0.05, 0.1) is 0 Å². The Morgan fingerprint density at radius 1 is 1.20 bits per heavy atom. The molecule has 0 atom stereocenters. The SMILES string of the molecule is O=C(O)c1c(O)cccc1-c1ccc[nH]1. The first kappa shape index (κ1) is 9.33. The first-order chi connectivity index (χ1) is 7.20. The third-order valence-corrected chi connectivity index (χ3v) is 2.14. The molecule has 0 radical (unpaired) electrons. The Labute approximate surface area is 85.8 Å². The molecule has 15 heavy (non-hydrogen) atoms. The minimum absolute atomic E-state index is 0.0834. The highest BCUT2D eigenvalue weighted by Gasteiger charge is 2.16. The molecule has 2 rings (SSSR count). The fourth-order valence-electron chi connectivity index (χ4n) is 1.49. The zero-order chi connectivity index (χ0) is 10.8. The van der Waals surface area contributed by atoms with Crippen molar-refractivity contribution < 1.29 is 15.0 Å². The highest BCUT2D eigenvalue weighted by atomic mass is 16.4. The minimum Gasteiger partial charge on any atom is -0.507 e. The molecule has 1 aromatic carbocycles. The number of hydrogen-bond donors (Lipinski definition) is 3. The number of carboxylic acid groups (broad SMARTS) is 1. The molecule has 3 N–H and O–H groups in total. The van der Waals surface area contributed by atoms with E-state index < -0.39 is 5.97 Å². The average molecular weight is 203 g/mol. The standard InChI is InChI=1S/C11H9NO3/c13-9-5-1-3-7(10(9)11(14)15)8-4-2-6-12-8/h1-6,12-13H,(H,14,15). The monoisotopic (exact) mass is 203 g/mol. The van der Waals surface area contributed by atoms with Crippen molar-refractivity contribution in [1.82, 2.24) is 4.98 Å². The summed E-state index contributed by atoms with van der Waals surface area (Å²) in [6, 6.07) is 8.13. The molecule has 0 saturated heterocycles. The average Bonchev–Trinajstić information content (AvgIpc) is 2.69. The molecule has 4 heteroatoms. The largest absolute Gasteiger partial charge is 0.507 e. The van der Waals surface area contributed by atoms with Gasteiger partial charge in [-0.2, -0.15) is 0 Å². The van der Waals surface area contributed by atoms with Crippen LogP contribution in [0.2, 0.25) is 0 Å². The van der Waals surface area contributed by atoms with Crippen LogP contribution in [-0.2, 0) is 0 Å². The van der Waals surface area contributed by atoms with Crippen LogP contribution in [0.15, 0.2) is 36.5 Å². The number of phenols is 1. The minimum atomic E-state index is -1.14. The molecule has 4 nitrogen and oxygen atoms in total. The molecule has 0 aliphatic heterocycles. The summed E-state index contributed by atoms with van der Waals surface area (Å²) in [5.74, 6) is -1.37. The Bertz CT molecular complexity index is 489. The number of H-pyrrole nitrogens is 1. The molecular formula is C11H9NO3. The number of rotatable bonds is 2. The predicted molar refractivity (Wildman–Crippen MR) is 54.9 cm³/mol. The van der Waals surface area contributed by atoms with E-state index in [0.29, 0.717) is 11.3 Å². The molecule has 1 aromatic heterocycles. The summed E-state index contributed by atoms with van der Waals surface area (Å²) in [4.78, 5) is 13.9. The Morgan fingerprint density at radius 2 is 2.00 bits per heavy atom. The molecule has 2 aromatic rings. The molecule has 0 fully saturated rings. The number of carbonyl (C=O) groups is 1. The second-order valence-electron chi connectivity index (χ2n) is 3.09. The van der Waals surface area contributed by atoms with Gasteiger partial charge in [-0.15, -0.1) is 0 Å². The van der Waals surface area contributed by atoms with Crippen LogP contribution in [0.25, 0.3) is 11.3 Å². The lowest BCUT2D eigenvalue weighted by molar-refractivity contribution is 0.0694. The second kappa shape index (κ2) is 3.49. The lowest BCUT2D eigenvalue weighted by atomic mass is 10.0. The van der Waals surface area contributed by atoms with Crippen LogP contribution in [0.5, 0.6) is 5.75 Å². The highest BCUT2D eigenvalue weighted by molar-refractivity contribution is 5.98. The maximum Gasteiger partial charge on any atom is 0.340 e. The molecule has 1 heterocycles. The second-order valence-corrected chi connectivity index (χ2v) is 3.09. The van der Waals surface area contributed by atoms with Crippen molar-refractivity contribution in [3.63, 3.8) is 0 Å². The highest BCUT2D eigenvalue weighted by Crippen LogP contribution is 2.28. The lowest BCUT2D eigenvalue weighted by Crippen LogP contribution is -2.00. The van der Waals surface area contributed by atoms with Gasteiger partial charge in [-0.1, -0.05) is 12.1 Å². The number of aromatic hydroxyl groups is 1. The van der Waals surface area contributed by atoms with E-state index in [4.69, 9.17) is 5.11 Å². The van der Waals surface area contributed by atoms with Gasteiger partial charge in [0.25, 0.3) is 0 Å². The van der Waals surface area contributed by atoms with E-state index in [2.05, 4.69) is 4.98 Å². The van der Waals surface area contributed by atoms with Crippen molar-refractivity contribution in [3.05, 3.63) is 42.1 Å². The Morgan fingerprint density at radius 3 is 2.60 bits per heavy atom. The van der Waals surface area contributed by atoms with E-state index in [9.17, 15) is 9.90 Å². The van der Waals surface area contributed by atoms with Crippen LogP contribution in [0.4, 0.5) is 0 Å². The van der Waals surface area contributed by atoms with Gasteiger partial charge < -0.3 is 15.2 Å². The van der Waals surface area contributed by atoms with Crippen molar-refractivity contribution in [3.8, 4) is 17.0 Å². The van der Waals surface area contributed by atoms with Crippen molar-refractivity contribution in [1.29, 1.82) is 0 Å². The number of carboxylic acids is 1. The Kier molecular flexibility index (Phi) is 2.17. The van der Waals surface area contributed by atoms with Gasteiger partial charge >= 0.3 is 5.97 Å². The van der Waals surface area contributed by atoms with Gasteiger partial charge in [0.1, 0.15) is 11.3 Å². The van der Waals surface area contributed by atoms with Gasteiger partial charge in [0, 0.05) is 17.5 Å². The van der Waals surface area contributed by atoms with Gasteiger partial charge in [-0.25, -0.2) is 4.79 Å². The summed E-state index contributed by atoms with van der Waals surface area (Å²) in [7, 11) is 0. The third kappa shape index (κ3) is 1.57. The number of benzene rings is 1. The fourth-order valence-corrected chi connectivity index (χ4v) is 1.49. The van der Waals surface area contributed by atoms with E-state index in [1.54, 1.807) is 30.5 Å². The van der Waals surface area contributed by atoms with E-state index in [0.717, 1.165) is 0 Å². The smallest absolute Gasteiger partial charge is 0.340 e. The summed E-state index contributed by atoms with van der Waals surface area (Å²) in [6.07, 6.45) is 1.70. The molecule has 0 aliphatic rings. The molecule has 0 amide bonds. The molecule has 0 saturated carbocycles. The van der Waals surface area contributed by atoms with Crippen molar-refractivity contribution >= 4 is 5.97 Å². The van der Waals surface area contributed by atoms with E-state index in [1.165, 1.54) is 6.07 Å². The first-order valence-corrected chi connectivity index (χ1v) is 4.39. The maximum atomic E-state index is 11.0. The zero-order valence-corrected chi connectivity index (χ0v) is 7.77. The molecule has 0 bridgehead atoms. The van der Waals surface area contributed by atoms with Crippen LogP contribution in [0, 0.1) is 0 Å². The summed E-state index contributed by atoms with van der Waals surface area (Å²) < 4.78 is 0. The molecule has 0 unspecified atom stereocenters. The molecular weight excluding hydrogens is 194 g/mol. The van der Waals surface area contributed by atoms with Gasteiger partial charge in [0.15, 0.2) is 0 Å². The fraction of sp³-hybridized carbons (Fsp3) is 0. The Hall–Kier alpha value is -2.23. The summed E-state index contributed by atoms with van der Waals surface area (Å²) in [5.41, 5.74) is 1.07. The summed E-state index contributed by atoms with van der Waals surface area (Å²) in [6.45, 7) is 0. The van der Waals surface area contributed by atoms with E-state index in [-0.39, 0.29) is 11.3 Å². The van der Waals surface area contributed by atoms with E-state index >= 15 is 0 Å². The van der Waals surface area contributed by atoms with Gasteiger partial charge in [-0.05, 0) is 18.2 Å². The van der Waals surface area contributed by atoms with Crippen LogP contribution in [-0.4, -0.2) is 21.2 Å². The lowest BCUT2D eigenvalue weighted by Gasteiger charge is -2.05. The first-order valence-electron chi connectivity index (χ1n) is 4.39. The summed E-state index contributed by atoms with van der Waals surface area (Å²) in [5, 5.41) is 18.4. The number of hydrogen-bond acceptors (Lipinski definition) is 2. The van der Waals surface area contributed by atoms with Gasteiger partial charge in [0.2, 0.25) is 0 Å². The van der Waals surface area contributed by atoms with Crippen LogP contribution in [0.3, 0.4) is 0 Å². The Balaban J connectivity index is 2.66. The molecule has 76 valence electrons. The predicted octanol–water partition coefficient (Wildman–Crippen LogP) is 2.09. The van der Waals surface area contributed by atoms with Crippen LogP contribution >= 0.6 is 0 Å². The quantitative estimate of drug-likeness (QED) is 0.699. The number of aromatic carboxylic acids is 1. The van der Waals surface area contributed by atoms with Crippen LogP contribution in [0.1, 0.15) is 10.4 Å². The van der Waals surface area contributed by atoms with Gasteiger partial charge in [-0.3, -0.25) is 0 Å². The summed E-state index contributed by atoms with van der Waals surface area (Å²) >= 11 is 0. The third-order valence-electron chi connectivity index (χ3n) is 2.14. The van der Waals surface area contributed by atoms with Crippen molar-refractivity contribution in [2.45, 2.75) is 0 Å². The normalized spacial score (nSPS) is 10.1. The number of nitrogens with one attached hydrogen (secondary N) is 1. The molecule has 0 aliphatic carbocycles. The van der Waals surface area contributed by atoms with Crippen LogP contribution < -0.4 is 0 Å². The zero-order valence-electron chi connectivity index (χ0n) is 7.77.